The summed E-state index contributed by atoms with van der Waals surface area (Å²) < 4.78 is 36.2. The maximum Gasteiger partial charge on any atom is 0.401 e. The molecule has 0 aliphatic heterocycles. The molecule has 1 aromatic heterocycles. The summed E-state index contributed by atoms with van der Waals surface area (Å²) in [6, 6.07) is 5.42. The average Bonchev–Trinajstić information content (AvgIpc) is 2.74. The summed E-state index contributed by atoms with van der Waals surface area (Å²) in [5, 5.41) is 10.2. The summed E-state index contributed by atoms with van der Waals surface area (Å²) in [5.74, 6) is 0. The summed E-state index contributed by atoms with van der Waals surface area (Å²) in [5.41, 5.74) is 1.89. The lowest BCUT2D eigenvalue weighted by atomic mass is 10.0. The maximum atomic E-state index is 12.1. The van der Waals surface area contributed by atoms with Crippen LogP contribution in [0.2, 0.25) is 0 Å². The molecule has 2 rings (SSSR count). The van der Waals surface area contributed by atoms with Gasteiger partial charge in [-0.15, -0.1) is 0 Å². The van der Waals surface area contributed by atoms with E-state index in [-0.39, 0.29) is 6.04 Å². The Morgan fingerprint density at radius 3 is 2.89 bits per heavy atom. The average molecular weight is 257 g/mol. The molecule has 1 heterocycles. The topological polar surface area (TPSA) is 40.7 Å². The van der Waals surface area contributed by atoms with Crippen LogP contribution in [-0.2, 0) is 6.42 Å². The highest BCUT2D eigenvalue weighted by molar-refractivity contribution is 5.81. The molecule has 6 heteroatoms. The molecule has 0 saturated carbocycles. The summed E-state index contributed by atoms with van der Waals surface area (Å²) in [7, 11) is 0. The Bertz CT molecular complexity index is 519. The van der Waals surface area contributed by atoms with Gasteiger partial charge in [0.25, 0.3) is 0 Å². The van der Waals surface area contributed by atoms with Crippen LogP contribution in [0.3, 0.4) is 0 Å². The lowest BCUT2D eigenvalue weighted by Gasteiger charge is -2.15. The van der Waals surface area contributed by atoms with Crippen molar-refractivity contribution in [1.82, 2.24) is 15.5 Å². The van der Waals surface area contributed by atoms with Gasteiger partial charge in [0, 0.05) is 11.4 Å². The molecule has 0 bridgehead atoms. The number of halogens is 3. The van der Waals surface area contributed by atoms with Crippen molar-refractivity contribution >= 4 is 10.9 Å². The van der Waals surface area contributed by atoms with Gasteiger partial charge in [-0.1, -0.05) is 12.1 Å². The van der Waals surface area contributed by atoms with Crippen LogP contribution in [0, 0.1) is 0 Å². The standard InChI is InChI=1S/C12H14F3N3/c1-8(16-7-12(13,14)15)5-9-3-2-4-11-10(9)6-17-18-11/h2-4,6,8,16H,5,7H2,1H3,(H,17,18). The number of nitrogens with one attached hydrogen (secondary N) is 2. The second-order valence-electron chi connectivity index (χ2n) is 4.35. The fourth-order valence-electron chi connectivity index (χ4n) is 1.90. The third-order valence-electron chi connectivity index (χ3n) is 2.75. The van der Waals surface area contributed by atoms with Crippen molar-refractivity contribution in [1.29, 1.82) is 0 Å². The van der Waals surface area contributed by atoms with Gasteiger partial charge in [0.15, 0.2) is 0 Å². The number of aromatic amines is 1. The highest BCUT2D eigenvalue weighted by Crippen LogP contribution is 2.18. The van der Waals surface area contributed by atoms with E-state index in [1.54, 1.807) is 13.1 Å². The third-order valence-corrected chi connectivity index (χ3v) is 2.75. The van der Waals surface area contributed by atoms with Gasteiger partial charge in [-0.05, 0) is 25.0 Å². The minimum absolute atomic E-state index is 0.243. The zero-order chi connectivity index (χ0) is 13.2. The maximum absolute atomic E-state index is 12.1. The molecule has 1 atom stereocenters. The SMILES string of the molecule is CC(Cc1cccc2[nH]ncc12)NCC(F)(F)F. The lowest BCUT2D eigenvalue weighted by Crippen LogP contribution is -2.36. The van der Waals surface area contributed by atoms with E-state index in [1.807, 2.05) is 18.2 Å². The van der Waals surface area contributed by atoms with Crippen LogP contribution in [-0.4, -0.2) is 29.0 Å². The van der Waals surface area contributed by atoms with Crippen LogP contribution in [0.15, 0.2) is 24.4 Å². The monoisotopic (exact) mass is 257 g/mol. The van der Waals surface area contributed by atoms with Crippen molar-refractivity contribution in [3.63, 3.8) is 0 Å². The molecule has 0 spiro atoms. The van der Waals surface area contributed by atoms with Crippen molar-refractivity contribution in [2.45, 2.75) is 25.6 Å². The number of rotatable bonds is 4. The summed E-state index contributed by atoms with van der Waals surface area (Å²) >= 11 is 0. The van der Waals surface area contributed by atoms with Crippen LogP contribution in [0.5, 0.6) is 0 Å². The number of benzene rings is 1. The number of hydrogen-bond acceptors (Lipinski definition) is 2. The number of fused-ring (bicyclic) bond motifs is 1. The molecule has 0 aliphatic rings. The second kappa shape index (κ2) is 4.97. The van der Waals surface area contributed by atoms with E-state index in [0.717, 1.165) is 16.5 Å². The van der Waals surface area contributed by atoms with Crippen molar-refractivity contribution in [3.8, 4) is 0 Å². The predicted molar refractivity (Wildman–Crippen MR) is 63.3 cm³/mol. The Kier molecular flexibility index (Phi) is 3.56. The zero-order valence-corrected chi connectivity index (χ0v) is 9.88. The summed E-state index contributed by atoms with van der Waals surface area (Å²) in [6.45, 7) is 0.778. The minimum atomic E-state index is -4.17. The number of nitrogens with zero attached hydrogens (tertiary/aromatic N) is 1. The van der Waals surface area contributed by atoms with Gasteiger partial charge in [0.05, 0.1) is 18.3 Å². The Labute approximate surface area is 102 Å². The van der Waals surface area contributed by atoms with Crippen LogP contribution < -0.4 is 5.32 Å². The Morgan fingerprint density at radius 2 is 2.17 bits per heavy atom. The van der Waals surface area contributed by atoms with E-state index in [9.17, 15) is 13.2 Å². The molecule has 18 heavy (non-hydrogen) atoms. The molecule has 98 valence electrons. The highest BCUT2D eigenvalue weighted by atomic mass is 19.4. The lowest BCUT2D eigenvalue weighted by molar-refractivity contribution is -0.126. The largest absolute Gasteiger partial charge is 0.401 e. The van der Waals surface area contributed by atoms with Gasteiger partial charge in [0.2, 0.25) is 0 Å². The van der Waals surface area contributed by atoms with Crippen molar-refractivity contribution in [3.05, 3.63) is 30.0 Å². The van der Waals surface area contributed by atoms with E-state index in [1.165, 1.54) is 0 Å². The van der Waals surface area contributed by atoms with Gasteiger partial charge in [-0.25, -0.2) is 0 Å². The molecule has 0 fully saturated rings. The fraction of sp³-hybridized carbons (Fsp3) is 0.417. The minimum Gasteiger partial charge on any atom is -0.306 e. The Balaban J connectivity index is 2.03. The smallest absolute Gasteiger partial charge is 0.306 e. The molecule has 1 aromatic carbocycles. The highest BCUT2D eigenvalue weighted by Gasteiger charge is 2.27. The first-order chi connectivity index (χ1) is 8.46. The van der Waals surface area contributed by atoms with Crippen LogP contribution in [0.1, 0.15) is 12.5 Å². The normalized spacial score (nSPS) is 14.0. The second-order valence-corrected chi connectivity index (χ2v) is 4.35. The molecule has 0 amide bonds. The first-order valence-corrected chi connectivity index (χ1v) is 5.67. The van der Waals surface area contributed by atoms with Crippen molar-refractivity contribution in [2.75, 3.05) is 6.54 Å². The van der Waals surface area contributed by atoms with Gasteiger partial charge >= 0.3 is 6.18 Å². The fourth-order valence-corrected chi connectivity index (χ4v) is 1.90. The number of aromatic nitrogens is 2. The van der Waals surface area contributed by atoms with Crippen LogP contribution in [0.25, 0.3) is 10.9 Å². The number of H-pyrrole nitrogens is 1. The molecule has 0 saturated heterocycles. The van der Waals surface area contributed by atoms with Gasteiger partial charge in [0.1, 0.15) is 0 Å². The molecule has 3 nitrogen and oxygen atoms in total. The number of hydrogen-bond donors (Lipinski definition) is 2. The van der Waals surface area contributed by atoms with Crippen molar-refractivity contribution < 1.29 is 13.2 Å². The quantitative estimate of drug-likeness (QED) is 0.884. The van der Waals surface area contributed by atoms with Gasteiger partial charge in [-0.2, -0.15) is 18.3 Å². The van der Waals surface area contributed by atoms with E-state index in [2.05, 4.69) is 15.5 Å². The molecule has 0 radical (unpaired) electrons. The summed E-state index contributed by atoms with van der Waals surface area (Å²) in [4.78, 5) is 0. The molecule has 0 aliphatic carbocycles. The van der Waals surface area contributed by atoms with Crippen LogP contribution >= 0.6 is 0 Å². The number of alkyl halides is 3. The first-order valence-electron chi connectivity index (χ1n) is 5.67. The third kappa shape index (κ3) is 3.22. The van der Waals surface area contributed by atoms with Crippen molar-refractivity contribution in [2.24, 2.45) is 0 Å². The molecule has 2 aromatic rings. The van der Waals surface area contributed by atoms with Crippen LogP contribution in [0.4, 0.5) is 13.2 Å². The molecular weight excluding hydrogens is 243 g/mol. The zero-order valence-electron chi connectivity index (χ0n) is 9.88. The molecular formula is C12H14F3N3. The first kappa shape index (κ1) is 12.9. The van der Waals surface area contributed by atoms with E-state index in [4.69, 9.17) is 0 Å². The van der Waals surface area contributed by atoms with E-state index < -0.39 is 12.7 Å². The Morgan fingerprint density at radius 1 is 1.39 bits per heavy atom. The van der Waals surface area contributed by atoms with Gasteiger partial charge < -0.3 is 5.32 Å². The predicted octanol–water partition coefficient (Wildman–Crippen LogP) is 2.65. The Hall–Kier alpha value is -1.56. The summed E-state index contributed by atoms with van der Waals surface area (Å²) in [6.07, 6.45) is -1.94. The molecule has 2 N–H and O–H groups in total. The van der Waals surface area contributed by atoms with E-state index >= 15 is 0 Å². The molecule has 1 unspecified atom stereocenters. The van der Waals surface area contributed by atoms with E-state index in [0.29, 0.717) is 6.42 Å². The van der Waals surface area contributed by atoms with Gasteiger partial charge in [-0.3, -0.25) is 5.10 Å².